The van der Waals surface area contributed by atoms with Crippen molar-refractivity contribution >= 4 is 40.5 Å². The molecule has 2 aromatic carbocycles. The van der Waals surface area contributed by atoms with Gasteiger partial charge in [-0.15, -0.1) is 0 Å². The minimum atomic E-state index is -0.606. The lowest BCUT2D eigenvalue weighted by molar-refractivity contribution is -0.128. The zero-order valence-electron chi connectivity index (χ0n) is 19.7. The number of amides is 2. The van der Waals surface area contributed by atoms with Crippen LogP contribution in [0.15, 0.2) is 36.4 Å². The second kappa shape index (κ2) is 11.1. The molecule has 0 unspecified atom stereocenters. The number of aryl methyl sites for hydroxylation is 3. The van der Waals surface area contributed by atoms with Gasteiger partial charge in [-0.25, -0.2) is 0 Å². The highest BCUT2D eigenvalue weighted by Crippen LogP contribution is 2.25. The van der Waals surface area contributed by atoms with Crippen LogP contribution in [0.3, 0.4) is 0 Å². The summed E-state index contributed by atoms with van der Waals surface area (Å²) < 4.78 is 5.90. The van der Waals surface area contributed by atoms with Gasteiger partial charge in [-0.2, -0.15) is 0 Å². The molecule has 0 aliphatic carbocycles. The van der Waals surface area contributed by atoms with Gasteiger partial charge in [0.15, 0.2) is 5.11 Å². The molecule has 0 aliphatic rings. The molecule has 2 amide bonds. The van der Waals surface area contributed by atoms with Crippen molar-refractivity contribution in [2.45, 2.75) is 54.4 Å². The summed E-state index contributed by atoms with van der Waals surface area (Å²) in [5.74, 6) is 0.578. The molecule has 172 valence electrons. The molecular formula is C25H33N3O3S. The SMILES string of the molecule is CC(=O)Nc1cc(NC(=S)NC(=O)C(C)(C)CCCOc2cc(C)ccc2C)ccc1C. The quantitative estimate of drug-likeness (QED) is 0.373. The molecule has 0 heterocycles. The van der Waals surface area contributed by atoms with E-state index in [1.54, 1.807) is 6.07 Å². The Bertz CT molecular complexity index is 1000. The number of hydrogen-bond donors (Lipinski definition) is 3. The molecule has 3 N–H and O–H groups in total. The van der Waals surface area contributed by atoms with Crippen LogP contribution in [0.2, 0.25) is 0 Å². The predicted octanol–water partition coefficient (Wildman–Crippen LogP) is 5.27. The number of benzene rings is 2. The Morgan fingerprint density at radius 3 is 2.38 bits per heavy atom. The molecule has 2 rings (SSSR count). The van der Waals surface area contributed by atoms with E-state index in [1.807, 2.05) is 58.9 Å². The topological polar surface area (TPSA) is 79.5 Å². The summed E-state index contributed by atoms with van der Waals surface area (Å²) in [5, 5.41) is 8.77. The van der Waals surface area contributed by atoms with Crippen LogP contribution in [0.5, 0.6) is 5.75 Å². The van der Waals surface area contributed by atoms with E-state index in [0.29, 0.717) is 24.4 Å². The molecule has 0 saturated heterocycles. The van der Waals surface area contributed by atoms with Crippen molar-refractivity contribution in [1.29, 1.82) is 0 Å². The number of anilines is 2. The van der Waals surface area contributed by atoms with Crippen molar-refractivity contribution in [3.63, 3.8) is 0 Å². The van der Waals surface area contributed by atoms with Gasteiger partial charge in [-0.1, -0.05) is 32.0 Å². The molecule has 32 heavy (non-hydrogen) atoms. The van der Waals surface area contributed by atoms with Crippen LogP contribution < -0.4 is 20.7 Å². The van der Waals surface area contributed by atoms with Gasteiger partial charge in [0, 0.05) is 23.7 Å². The van der Waals surface area contributed by atoms with E-state index in [0.717, 1.165) is 28.9 Å². The van der Waals surface area contributed by atoms with Gasteiger partial charge in [0.2, 0.25) is 11.8 Å². The van der Waals surface area contributed by atoms with E-state index in [9.17, 15) is 9.59 Å². The lowest BCUT2D eigenvalue weighted by atomic mass is 9.87. The average Bonchev–Trinajstić information content (AvgIpc) is 2.69. The van der Waals surface area contributed by atoms with Crippen molar-refractivity contribution in [2.75, 3.05) is 17.2 Å². The Morgan fingerprint density at radius 2 is 1.69 bits per heavy atom. The van der Waals surface area contributed by atoms with Gasteiger partial charge < -0.3 is 20.7 Å². The zero-order valence-corrected chi connectivity index (χ0v) is 20.5. The predicted molar refractivity (Wildman–Crippen MR) is 134 cm³/mol. The van der Waals surface area contributed by atoms with Crippen LogP contribution in [0, 0.1) is 26.2 Å². The first-order valence-corrected chi connectivity index (χ1v) is 11.1. The Balaban J connectivity index is 1.85. The van der Waals surface area contributed by atoms with Gasteiger partial charge in [-0.05, 0) is 80.7 Å². The summed E-state index contributed by atoms with van der Waals surface area (Å²) >= 11 is 5.32. The van der Waals surface area contributed by atoms with Crippen molar-refractivity contribution in [1.82, 2.24) is 5.32 Å². The van der Waals surface area contributed by atoms with Crippen molar-refractivity contribution in [2.24, 2.45) is 5.41 Å². The largest absolute Gasteiger partial charge is 0.493 e. The lowest BCUT2D eigenvalue weighted by Crippen LogP contribution is -2.42. The van der Waals surface area contributed by atoms with E-state index in [1.165, 1.54) is 6.92 Å². The molecule has 0 saturated carbocycles. The number of carbonyl (C=O) groups excluding carboxylic acids is 2. The first-order valence-electron chi connectivity index (χ1n) is 10.7. The number of ether oxygens (including phenoxy) is 1. The Kier molecular flexibility index (Phi) is 8.78. The highest BCUT2D eigenvalue weighted by molar-refractivity contribution is 7.80. The fourth-order valence-corrected chi connectivity index (χ4v) is 3.34. The molecule has 0 atom stereocenters. The molecule has 0 bridgehead atoms. The fourth-order valence-electron chi connectivity index (χ4n) is 3.13. The third-order valence-corrected chi connectivity index (χ3v) is 5.40. The maximum atomic E-state index is 12.8. The van der Waals surface area contributed by atoms with Gasteiger partial charge in [0.05, 0.1) is 6.61 Å². The van der Waals surface area contributed by atoms with E-state index < -0.39 is 5.41 Å². The monoisotopic (exact) mass is 455 g/mol. The van der Waals surface area contributed by atoms with Crippen molar-refractivity contribution < 1.29 is 14.3 Å². The molecule has 7 heteroatoms. The molecule has 0 fully saturated rings. The number of nitrogens with one attached hydrogen (secondary N) is 3. The van der Waals surface area contributed by atoms with E-state index in [4.69, 9.17) is 17.0 Å². The van der Waals surface area contributed by atoms with Gasteiger partial charge in [0.1, 0.15) is 5.75 Å². The van der Waals surface area contributed by atoms with Gasteiger partial charge in [0.25, 0.3) is 0 Å². The second-order valence-corrected chi connectivity index (χ2v) is 9.13. The number of carbonyl (C=O) groups is 2. The maximum Gasteiger partial charge on any atom is 0.231 e. The molecule has 0 radical (unpaired) electrons. The minimum Gasteiger partial charge on any atom is -0.493 e. The second-order valence-electron chi connectivity index (χ2n) is 8.72. The molecule has 2 aromatic rings. The summed E-state index contributed by atoms with van der Waals surface area (Å²) in [6, 6.07) is 11.6. The third-order valence-electron chi connectivity index (χ3n) is 5.20. The van der Waals surface area contributed by atoms with E-state index in [-0.39, 0.29) is 16.9 Å². The van der Waals surface area contributed by atoms with Crippen molar-refractivity contribution in [3.05, 3.63) is 53.1 Å². The number of rotatable bonds is 8. The number of hydrogen-bond acceptors (Lipinski definition) is 4. The Hall–Kier alpha value is -2.93. The van der Waals surface area contributed by atoms with Crippen LogP contribution in [0.1, 0.15) is 50.3 Å². The fraction of sp³-hybridized carbons (Fsp3) is 0.400. The molecule has 0 spiro atoms. The minimum absolute atomic E-state index is 0.149. The average molecular weight is 456 g/mol. The number of thiocarbonyl (C=S) groups is 1. The standard InChI is InChI=1S/C25H33N3O3S/c1-16-8-9-18(3)22(14-16)31-13-7-12-25(5,6)23(30)28-24(32)27-20-11-10-17(2)21(15-20)26-19(4)29/h8-11,14-15H,7,12-13H2,1-6H3,(H,26,29)(H2,27,28,30,32). The summed E-state index contributed by atoms with van der Waals surface area (Å²) in [6.45, 7) is 11.7. The van der Waals surface area contributed by atoms with Crippen molar-refractivity contribution in [3.8, 4) is 5.75 Å². The van der Waals surface area contributed by atoms with Crippen LogP contribution in [-0.4, -0.2) is 23.5 Å². The normalized spacial score (nSPS) is 10.9. The summed E-state index contributed by atoms with van der Waals surface area (Å²) in [4.78, 5) is 24.1. The lowest BCUT2D eigenvalue weighted by Gasteiger charge is -2.24. The molecule has 0 aliphatic heterocycles. The molecule has 6 nitrogen and oxygen atoms in total. The highest BCUT2D eigenvalue weighted by Gasteiger charge is 2.28. The first kappa shape index (κ1) is 25.3. The molecular weight excluding hydrogens is 422 g/mol. The Morgan fingerprint density at radius 1 is 1.00 bits per heavy atom. The van der Waals surface area contributed by atoms with Crippen LogP contribution in [0.4, 0.5) is 11.4 Å². The summed E-state index contributed by atoms with van der Waals surface area (Å²) in [6.07, 6.45) is 1.40. The zero-order chi connectivity index (χ0) is 23.9. The third kappa shape index (κ3) is 7.64. The van der Waals surface area contributed by atoms with E-state index in [2.05, 4.69) is 22.0 Å². The van der Waals surface area contributed by atoms with E-state index >= 15 is 0 Å². The van der Waals surface area contributed by atoms with Crippen LogP contribution >= 0.6 is 12.2 Å². The Labute approximate surface area is 196 Å². The molecule has 0 aromatic heterocycles. The van der Waals surface area contributed by atoms with Gasteiger partial charge in [-0.3, -0.25) is 9.59 Å². The van der Waals surface area contributed by atoms with Crippen LogP contribution in [-0.2, 0) is 9.59 Å². The van der Waals surface area contributed by atoms with Gasteiger partial charge >= 0.3 is 0 Å². The first-order chi connectivity index (χ1) is 15.0. The summed E-state index contributed by atoms with van der Waals surface area (Å²) in [7, 11) is 0. The van der Waals surface area contributed by atoms with Crippen LogP contribution in [0.25, 0.3) is 0 Å². The highest BCUT2D eigenvalue weighted by atomic mass is 32.1. The maximum absolute atomic E-state index is 12.8. The summed E-state index contributed by atoms with van der Waals surface area (Å²) in [5.41, 5.74) is 3.96. The smallest absolute Gasteiger partial charge is 0.231 e.